The highest BCUT2D eigenvalue weighted by Crippen LogP contribution is 2.36. The molecule has 1 N–H and O–H groups in total. The fraction of sp³-hybridized carbons (Fsp3) is 0.440. The minimum absolute atomic E-state index is 0.0934. The van der Waals surface area contributed by atoms with Gasteiger partial charge >= 0.3 is 5.97 Å². The monoisotopic (exact) mass is 473 g/mol. The number of fused-ring (bicyclic) bond motifs is 3. The van der Waals surface area contributed by atoms with Gasteiger partial charge in [-0.3, -0.25) is 9.69 Å². The molecule has 180 valence electrons. The number of aromatic nitrogens is 5. The molecule has 2 aromatic heterocycles. The van der Waals surface area contributed by atoms with E-state index in [1.807, 2.05) is 6.07 Å². The van der Waals surface area contributed by atoms with Gasteiger partial charge < -0.3 is 10.1 Å². The minimum Gasteiger partial charge on any atom is -0.457 e. The van der Waals surface area contributed by atoms with Crippen molar-refractivity contribution in [2.75, 3.05) is 6.54 Å². The number of esters is 1. The van der Waals surface area contributed by atoms with Gasteiger partial charge in [0.15, 0.2) is 5.82 Å². The number of benzene rings is 1. The zero-order chi connectivity index (χ0) is 23.9. The summed E-state index contributed by atoms with van der Waals surface area (Å²) < 4.78 is 6.65. The van der Waals surface area contributed by atoms with E-state index in [0.29, 0.717) is 35.6 Å². The Bertz CT molecular complexity index is 1240. The van der Waals surface area contributed by atoms with Crippen LogP contribution in [-0.4, -0.2) is 66.6 Å². The second-order valence-corrected chi connectivity index (χ2v) is 9.63. The van der Waals surface area contributed by atoms with Crippen molar-refractivity contribution in [3.63, 3.8) is 0 Å². The number of tetrazole rings is 1. The Balaban J connectivity index is 1.06. The molecule has 2 atom stereocenters. The first-order valence-corrected chi connectivity index (χ1v) is 12.1. The van der Waals surface area contributed by atoms with Crippen molar-refractivity contribution < 1.29 is 14.3 Å². The molecule has 2 fully saturated rings. The van der Waals surface area contributed by atoms with Gasteiger partial charge in [0.1, 0.15) is 12.9 Å². The van der Waals surface area contributed by atoms with Crippen LogP contribution in [0.5, 0.6) is 0 Å². The number of nitrogens with one attached hydrogen (secondary N) is 1. The fourth-order valence-corrected chi connectivity index (χ4v) is 5.87. The lowest BCUT2D eigenvalue weighted by molar-refractivity contribution is 0.0534. The Labute approximate surface area is 202 Å². The van der Waals surface area contributed by atoms with E-state index in [1.54, 1.807) is 18.3 Å². The number of piperidine rings is 1. The molecule has 2 saturated heterocycles. The van der Waals surface area contributed by atoms with E-state index in [2.05, 4.69) is 43.7 Å². The maximum absolute atomic E-state index is 12.8. The molecule has 5 heterocycles. The van der Waals surface area contributed by atoms with Crippen LogP contribution < -0.4 is 5.32 Å². The van der Waals surface area contributed by atoms with E-state index < -0.39 is 0 Å². The van der Waals surface area contributed by atoms with E-state index in [0.717, 1.165) is 31.4 Å². The molecule has 0 spiro atoms. The van der Waals surface area contributed by atoms with E-state index in [9.17, 15) is 9.59 Å². The molecular weight excluding hydrogens is 446 g/mol. The van der Waals surface area contributed by atoms with Gasteiger partial charge in [0, 0.05) is 36.4 Å². The highest BCUT2D eigenvalue weighted by molar-refractivity contribution is 5.94. The number of ether oxygens (including phenoxy) is 1. The van der Waals surface area contributed by atoms with E-state index >= 15 is 0 Å². The van der Waals surface area contributed by atoms with Gasteiger partial charge in [-0.05, 0) is 78.8 Å². The number of pyridine rings is 1. The lowest BCUT2D eigenvalue weighted by Crippen LogP contribution is -2.50. The third kappa shape index (κ3) is 4.07. The molecule has 1 amide bonds. The van der Waals surface area contributed by atoms with Crippen LogP contribution in [0.25, 0.3) is 5.82 Å². The molecule has 1 aromatic carbocycles. The van der Waals surface area contributed by atoms with Crippen LogP contribution >= 0.6 is 0 Å². The van der Waals surface area contributed by atoms with Crippen LogP contribution in [0.15, 0.2) is 36.8 Å². The molecule has 3 aliphatic rings. The quantitative estimate of drug-likeness (QED) is 0.541. The summed E-state index contributed by atoms with van der Waals surface area (Å²) >= 11 is 0. The molecule has 3 aliphatic heterocycles. The van der Waals surface area contributed by atoms with Gasteiger partial charge in [-0.2, -0.15) is 4.68 Å². The van der Waals surface area contributed by atoms with Gasteiger partial charge in [-0.1, -0.05) is 6.07 Å². The highest BCUT2D eigenvalue weighted by Gasteiger charge is 2.40. The molecule has 6 rings (SSSR count). The average molecular weight is 474 g/mol. The Morgan fingerprint density at radius 3 is 2.71 bits per heavy atom. The Hall–Kier alpha value is -3.66. The first-order valence-electron chi connectivity index (χ1n) is 12.1. The van der Waals surface area contributed by atoms with Crippen molar-refractivity contribution in [3.05, 3.63) is 64.6 Å². The number of carbonyl (C=O) groups excluding carboxylic acids is 2. The van der Waals surface area contributed by atoms with Gasteiger partial charge in [0.05, 0.1) is 11.1 Å². The third-order valence-corrected chi connectivity index (χ3v) is 7.73. The minimum atomic E-state index is -0.212. The Morgan fingerprint density at radius 1 is 1.17 bits per heavy atom. The zero-order valence-electron chi connectivity index (χ0n) is 19.6. The summed E-state index contributed by atoms with van der Waals surface area (Å²) in [5, 5.41) is 14.2. The van der Waals surface area contributed by atoms with E-state index in [4.69, 9.17) is 4.74 Å². The van der Waals surface area contributed by atoms with Gasteiger partial charge in [0.25, 0.3) is 5.91 Å². The lowest BCUT2D eigenvalue weighted by Gasteiger charge is -2.39. The normalized spacial score (nSPS) is 23.2. The summed E-state index contributed by atoms with van der Waals surface area (Å²) in [6, 6.07) is 8.61. The van der Waals surface area contributed by atoms with Crippen molar-refractivity contribution >= 4 is 11.9 Å². The first kappa shape index (κ1) is 21.8. The van der Waals surface area contributed by atoms with Crippen molar-refractivity contribution in [1.29, 1.82) is 0 Å². The molecule has 0 radical (unpaired) electrons. The number of hydrogen-bond donors (Lipinski definition) is 1. The topological polar surface area (TPSA) is 115 Å². The van der Waals surface area contributed by atoms with Crippen LogP contribution in [0.3, 0.4) is 0 Å². The number of cyclic esters (lactones) is 1. The van der Waals surface area contributed by atoms with E-state index in [-0.39, 0.29) is 17.9 Å². The molecule has 35 heavy (non-hydrogen) atoms. The fourth-order valence-electron chi connectivity index (χ4n) is 5.87. The SMILES string of the molecule is Cc1c(CCN2C3CCC2CC(NC(=O)c2ccc(-n4cnnn4)nc2)C3)ccc2c1COC2=O. The van der Waals surface area contributed by atoms with Crippen molar-refractivity contribution in [2.24, 2.45) is 0 Å². The van der Waals surface area contributed by atoms with Crippen molar-refractivity contribution in [2.45, 2.75) is 63.8 Å². The number of hydrogen-bond acceptors (Lipinski definition) is 8. The molecule has 10 heteroatoms. The molecule has 2 unspecified atom stereocenters. The van der Waals surface area contributed by atoms with Crippen LogP contribution in [0.4, 0.5) is 0 Å². The summed E-state index contributed by atoms with van der Waals surface area (Å²) in [4.78, 5) is 31.6. The Kier molecular flexibility index (Phi) is 5.52. The first-order chi connectivity index (χ1) is 17.1. The second-order valence-electron chi connectivity index (χ2n) is 9.63. The van der Waals surface area contributed by atoms with Crippen molar-refractivity contribution in [3.8, 4) is 5.82 Å². The standard InChI is InChI=1S/C25H27N7O3/c1-15-16(2-6-21-22(15)13-35-25(21)34)8-9-31-19-4-5-20(31)11-18(10-19)28-24(33)17-3-7-23(26-12-17)32-14-27-29-30-32/h2-3,6-7,12,14,18-20H,4-5,8-11,13H2,1H3,(H,28,33). The molecule has 0 saturated carbocycles. The average Bonchev–Trinajstić information content (AvgIpc) is 3.58. The largest absolute Gasteiger partial charge is 0.457 e. The van der Waals surface area contributed by atoms with Gasteiger partial charge in [-0.15, -0.1) is 5.10 Å². The van der Waals surface area contributed by atoms with Crippen LogP contribution in [0.1, 0.15) is 63.1 Å². The van der Waals surface area contributed by atoms with E-state index in [1.165, 1.54) is 35.0 Å². The van der Waals surface area contributed by atoms with Crippen LogP contribution in [0.2, 0.25) is 0 Å². The number of rotatable bonds is 6. The molecule has 2 bridgehead atoms. The number of carbonyl (C=O) groups is 2. The summed E-state index contributed by atoms with van der Waals surface area (Å²) in [5.74, 6) is 0.260. The molecule has 3 aromatic rings. The Morgan fingerprint density at radius 2 is 2.00 bits per heavy atom. The summed E-state index contributed by atoms with van der Waals surface area (Å²) in [6.45, 7) is 3.48. The summed E-state index contributed by atoms with van der Waals surface area (Å²) in [7, 11) is 0. The summed E-state index contributed by atoms with van der Waals surface area (Å²) in [6.07, 6.45) is 8.25. The van der Waals surface area contributed by atoms with Gasteiger partial charge in [-0.25, -0.2) is 9.78 Å². The van der Waals surface area contributed by atoms with Crippen molar-refractivity contribution in [1.82, 2.24) is 35.4 Å². The molecule has 10 nitrogen and oxygen atoms in total. The highest BCUT2D eigenvalue weighted by atomic mass is 16.5. The number of nitrogens with zero attached hydrogens (tertiary/aromatic N) is 6. The van der Waals surface area contributed by atoms with Crippen LogP contribution in [0, 0.1) is 6.92 Å². The lowest BCUT2D eigenvalue weighted by atomic mass is 9.94. The third-order valence-electron chi connectivity index (χ3n) is 7.73. The number of amides is 1. The molecule has 0 aliphatic carbocycles. The maximum Gasteiger partial charge on any atom is 0.338 e. The maximum atomic E-state index is 12.8. The predicted molar refractivity (Wildman–Crippen MR) is 125 cm³/mol. The second kappa shape index (κ2) is 8.84. The molecular formula is C25H27N7O3. The predicted octanol–water partition coefficient (Wildman–Crippen LogP) is 2.00. The zero-order valence-corrected chi connectivity index (χ0v) is 19.6. The van der Waals surface area contributed by atoms with Crippen LogP contribution in [-0.2, 0) is 17.8 Å². The smallest absolute Gasteiger partial charge is 0.338 e. The summed E-state index contributed by atoms with van der Waals surface area (Å²) in [5.41, 5.74) is 4.75. The van der Waals surface area contributed by atoms with Gasteiger partial charge in [0.2, 0.25) is 0 Å².